The number of fused-ring (bicyclic) bond motifs is 4. The van der Waals surface area contributed by atoms with Crippen LogP contribution in [0.1, 0.15) is 113 Å². The Balaban J connectivity index is 0.933. The first kappa shape index (κ1) is 37.7. The standard InChI is InChI=1S/C43H66NO9/c1-25-20-28(36(39(4,5)47)53-37(46)26-11-17-48-18-12-26)51-34-33(25)40(6)14-15-43-24-42(43)13-10-31(52-32-21-44(16-19-50-32)27-22-49-23-27)38(2,3)29(42)8-9-30(43)41(40,7)35(34)45/h25-27,29,31-33,35-36,45,47H,8-24H2,1-7H3/t25-,29+,31+,32+,33+,35+,36+,40-,41-,42-,43+/m1/s1. The second-order valence-corrected chi connectivity index (χ2v) is 20.5. The highest BCUT2D eigenvalue weighted by molar-refractivity contribution is 5.73. The topological polar surface area (TPSA) is 116 Å². The van der Waals surface area contributed by atoms with Gasteiger partial charge in [0.1, 0.15) is 12.2 Å². The molecule has 0 aromatic heterocycles. The summed E-state index contributed by atoms with van der Waals surface area (Å²) in [5.74, 6) is 1.86. The third kappa shape index (κ3) is 5.41. The van der Waals surface area contributed by atoms with E-state index in [4.69, 9.17) is 28.4 Å². The molecule has 2 spiro atoms. The van der Waals surface area contributed by atoms with Crippen LogP contribution in [0.2, 0.25) is 0 Å². The van der Waals surface area contributed by atoms with Gasteiger partial charge in [-0.1, -0.05) is 34.6 Å². The van der Waals surface area contributed by atoms with E-state index in [1.807, 2.05) is 0 Å². The number of aliphatic hydroxyl groups excluding tert-OH is 1. The molecule has 0 amide bonds. The lowest BCUT2D eigenvalue weighted by atomic mass is 9.41. The van der Waals surface area contributed by atoms with Crippen molar-refractivity contribution in [3.8, 4) is 0 Å². The lowest BCUT2D eigenvalue weighted by Gasteiger charge is -2.63. The summed E-state index contributed by atoms with van der Waals surface area (Å²) in [6.07, 6.45) is 9.24. The van der Waals surface area contributed by atoms with Crippen molar-refractivity contribution in [2.24, 2.45) is 50.7 Å². The minimum Gasteiger partial charge on any atom is -0.456 e. The van der Waals surface area contributed by atoms with E-state index in [1.165, 1.54) is 19.3 Å². The molecule has 4 saturated heterocycles. The minimum absolute atomic E-state index is 0.0207. The monoisotopic (exact) mass is 740 g/mol. The first-order valence-electron chi connectivity index (χ1n) is 21.1. The fraction of sp³-hybridized carbons (Fsp3) is 0.907. The van der Waals surface area contributed by atoms with E-state index in [2.05, 4.69) is 39.5 Å². The van der Waals surface area contributed by atoms with Crippen LogP contribution < -0.4 is 0 Å². The summed E-state index contributed by atoms with van der Waals surface area (Å²) >= 11 is 0. The van der Waals surface area contributed by atoms with Crippen LogP contribution in [0.3, 0.4) is 0 Å². The van der Waals surface area contributed by atoms with Crippen LogP contribution in [0.5, 0.6) is 0 Å². The molecule has 9 fully saturated rings. The van der Waals surface area contributed by atoms with Crippen LogP contribution in [0.15, 0.2) is 0 Å². The second-order valence-electron chi connectivity index (χ2n) is 20.5. The van der Waals surface area contributed by atoms with Crippen molar-refractivity contribution in [1.82, 2.24) is 4.90 Å². The predicted octanol–water partition coefficient (Wildman–Crippen LogP) is 5.64. The molecule has 10 heteroatoms. The van der Waals surface area contributed by atoms with Gasteiger partial charge in [-0.25, -0.2) is 0 Å². The molecule has 9 aliphatic rings. The number of ether oxygens (including phenoxy) is 6. The highest BCUT2D eigenvalue weighted by Crippen LogP contribution is 2.90. The van der Waals surface area contributed by atoms with Gasteiger partial charge in [0.15, 0.2) is 12.4 Å². The molecule has 0 aromatic rings. The molecule has 0 bridgehead atoms. The Bertz CT molecular complexity index is 1410. The van der Waals surface area contributed by atoms with Crippen LogP contribution >= 0.6 is 0 Å². The third-order valence-corrected chi connectivity index (χ3v) is 17.2. The second kappa shape index (κ2) is 12.8. The number of aliphatic hydroxyl groups is 2. The van der Waals surface area contributed by atoms with E-state index < -0.39 is 23.2 Å². The summed E-state index contributed by atoms with van der Waals surface area (Å²) in [4.78, 5) is 15.9. The molecule has 11 atom stereocenters. The lowest BCUT2D eigenvalue weighted by Crippen LogP contribution is -2.60. The number of carbonyl (C=O) groups is 1. The molecule has 5 aliphatic carbocycles. The van der Waals surface area contributed by atoms with Crippen LogP contribution in [-0.4, -0.2) is 103 Å². The van der Waals surface area contributed by atoms with Crippen LogP contribution in [0.25, 0.3) is 0 Å². The van der Waals surface area contributed by atoms with Gasteiger partial charge in [0.05, 0.1) is 56.1 Å². The van der Waals surface area contributed by atoms with Gasteiger partial charge in [0.2, 0.25) is 0 Å². The van der Waals surface area contributed by atoms with Crippen LogP contribution in [-0.2, 0) is 33.2 Å². The Morgan fingerprint density at radius 2 is 1.75 bits per heavy atom. The Morgan fingerprint density at radius 3 is 2.45 bits per heavy atom. The molecule has 297 valence electrons. The van der Waals surface area contributed by atoms with E-state index in [-0.39, 0.29) is 57.8 Å². The van der Waals surface area contributed by atoms with E-state index >= 15 is 0 Å². The molecule has 10 nitrogen and oxygen atoms in total. The Morgan fingerprint density at radius 1 is 1.00 bits per heavy atom. The van der Waals surface area contributed by atoms with Gasteiger partial charge in [-0.15, -0.1) is 0 Å². The van der Waals surface area contributed by atoms with Gasteiger partial charge in [-0.2, -0.15) is 0 Å². The summed E-state index contributed by atoms with van der Waals surface area (Å²) in [7, 11) is 0. The molecule has 0 aromatic carbocycles. The van der Waals surface area contributed by atoms with E-state index in [0.29, 0.717) is 57.1 Å². The van der Waals surface area contributed by atoms with E-state index in [9.17, 15) is 15.0 Å². The van der Waals surface area contributed by atoms with Gasteiger partial charge >= 0.3 is 5.97 Å². The van der Waals surface area contributed by atoms with Crippen LogP contribution in [0, 0.1) is 68.9 Å². The number of nitrogens with zero attached hydrogens (tertiary/aromatic N) is 1. The molecule has 5 saturated carbocycles. The maximum atomic E-state index is 13.4. The molecular formula is C43H66NO9. The average Bonchev–Trinajstić information content (AvgIpc) is 3.72. The number of hydrogen-bond acceptors (Lipinski definition) is 10. The van der Waals surface area contributed by atoms with E-state index in [1.54, 1.807) is 19.8 Å². The van der Waals surface area contributed by atoms with Crippen molar-refractivity contribution in [3.05, 3.63) is 18.1 Å². The highest BCUT2D eigenvalue weighted by Gasteiger charge is 2.85. The number of rotatable bonds is 7. The smallest absolute Gasteiger partial charge is 0.309 e. The average molecular weight is 741 g/mol. The summed E-state index contributed by atoms with van der Waals surface area (Å²) in [5.41, 5.74) is -1.49. The molecule has 4 heterocycles. The SMILES string of the molecule is C[C@@H]1C[C]([C@H](OC(=O)C2CCOCC2)C(C)(C)O)O[C]2[C@H]1[C@@]1(C)CC[C@@]34C[C@@]35CC[C@H](O[C@H]3CN(C6COC6)CCO3)C(C)(C)[C@@H]5CC[C]4[C@]1(C)[C@H]2O. The van der Waals surface area contributed by atoms with Gasteiger partial charge in [0, 0.05) is 31.1 Å². The number of hydrogen-bond donors (Lipinski definition) is 2. The maximum Gasteiger partial charge on any atom is 0.309 e. The molecule has 0 unspecified atom stereocenters. The van der Waals surface area contributed by atoms with Crippen molar-refractivity contribution >= 4 is 5.97 Å². The zero-order valence-corrected chi connectivity index (χ0v) is 33.4. The van der Waals surface area contributed by atoms with Crippen molar-refractivity contribution in [2.45, 2.75) is 149 Å². The fourth-order valence-corrected chi connectivity index (χ4v) is 14.3. The maximum absolute atomic E-state index is 13.4. The Labute approximate surface area is 317 Å². The number of morpholine rings is 1. The third-order valence-electron chi connectivity index (χ3n) is 17.2. The zero-order chi connectivity index (χ0) is 37.3. The first-order valence-corrected chi connectivity index (χ1v) is 21.1. The summed E-state index contributed by atoms with van der Waals surface area (Å²) < 4.78 is 37.1. The summed E-state index contributed by atoms with van der Waals surface area (Å²) in [6.45, 7) is 20.6. The fourth-order valence-electron chi connectivity index (χ4n) is 14.3. The van der Waals surface area contributed by atoms with Crippen molar-refractivity contribution < 1.29 is 43.4 Å². The minimum atomic E-state index is -1.34. The van der Waals surface area contributed by atoms with Crippen molar-refractivity contribution in [2.75, 3.05) is 46.1 Å². The van der Waals surface area contributed by atoms with Crippen LogP contribution in [0.4, 0.5) is 0 Å². The summed E-state index contributed by atoms with van der Waals surface area (Å²) in [6, 6.07) is 0.498. The Hall–Kier alpha value is -0.850. The van der Waals surface area contributed by atoms with Crippen molar-refractivity contribution in [3.63, 3.8) is 0 Å². The largest absolute Gasteiger partial charge is 0.456 e. The number of carbonyl (C=O) groups excluding carboxylic acids is 1. The molecule has 3 radical (unpaired) electrons. The summed E-state index contributed by atoms with van der Waals surface area (Å²) in [5, 5.41) is 24.1. The van der Waals surface area contributed by atoms with Gasteiger partial charge in [0.25, 0.3) is 0 Å². The molecule has 4 aliphatic heterocycles. The Kier molecular flexibility index (Phi) is 9.13. The lowest BCUT2D eigenvalue weighted by molar-refractivity contribution is -0.252. The normalized spacial score (nSPS) is 47.3. The molecule has 53 heavy (non-hydrogen) atoms. The van der Waals surface area contributed by atoms with Gasteiger partial charge < -0.3 is 38.6 Å². The first-order chi connectivity index (χ1) is 25.1. The van der Waals surface area contributed by atoms with E-state index in [0.717, 1.165) is 58.1 Å². The highest BCUT2D eigenvalue weighted by atomic mass is 16.7. The quantitative estimate of drug-likeness (QED) is 0.318. The van der Waals surface area contributed by atoms with Crippen molar-refractivity contribution in [1.29, 1.82) is 0 Å². The molecule has 9 rings (SSSR count). The predicted molar refractivity (Wildman–Crippen MR) is 195 cm³/mol. The molecule has 2 N–H and O–H groups in total. The number of esters is 1. The zero-order valence-electron chi connectivity index (χ0n) is 33.4. The van der Waals surface area contributed by atoms with Gasteiger partial charge in [-0.05, 0) is 117 Å². The van der Waals surface area contributed by atoms with Gasteiger partial charge in [-0.3, -0.25) is 9.69 Å². The molecular weight excluding hydrogens is 674 g/mol.